The highest BCUT2D eigenvalue weighted by Crippen LogP contribution is 2.25. The van der Waals surface area contributed by atoms with E-state index in [1.807, 2.05) is 56.3 Å². The van der Waals surface area contributed by atoms with Gasteiger partial charge in [-0.05, 0) is 47.9 Å². The summed E-state index contributed by atoms with van der Waals surface area (Å²) >= 11 is 0. The van der Waals surface area contributed by atoms with Gasteiger partial charge in [-0.15, -0.1) is 0 Å². The molecule has 3 aromatic rings. The molecule has 0 saturated carbocycles. The largest absolute Gasteiger partial charge is 0.353 e. The second-order valence-corrected chi connectivity index (χ2v) is 9.34. The van der Waals surface area contributed by atoms with Crippen LogP contribution >= 0.6 is 0 Å². The average Bonchev–Trinajstić information content (AvgIpc) is 2.92. The molecular weight excluding hydrogens is 468 g/mol. The minimum atomic E-state index is -0.939. The van der Waals surface area contributed by atoms with Crippen LogP contribution in [0.15, 0.2) is 60.7 Å². The van der Waals surface area contributed by atoms with E-state index in [-0.39, 0.29) is 30.4 Å². The van der Waals surface area contributed by atoms with Crippen molar-refractivity contribution in [3.63, 3.8) is 0 Å². The topological polar surface area (TPSA) is 137 Å². The third kappa shape index (κ3) is 6.51. The average molecular weight is 503 g/mol. The van der Waals surface area contributed by atoms with Gasteiger partial charge in [-0.1, -0.05) is 48.5 Å². The highest BCUT2D eigenvalue weighted by atomic mass is 16.2. The maximum Gasteiger partial charge on any atom is 0.252 e. The van der Waals surface area contributed by atoms with Crippen molar-refractivity contribution < 1.29 is 14.4 Å². The van der Waals surface area contributed by atoms with Crippen molar-refractivity contribution in [2.75, 3.05) is 31.5 Å². The van der Waals surface area contributed by atoms with Gasteiger partial charge in [0.25, 0.3) is 5.91 Å². The Kier molecular flexibility index (Phi) is 8.50. The van der Waals surface area contributed by atoms with E-state index in [4.69, 9.17) is 5.73 Å². The number of carbonyl (C=O) groups is 3. The second-order valence-electron chi connectivity index (χ2n) is 9.34. The smallest absolute Gasteiger partial charge is 0.252 e. The van der Waals surface area contributed by atoms with Gasteiger partial charge in [-0.2, -0.15) is 0 Å². The number of fused-ring (bicyclic) bond motifs is 1. The Hall–Kier alpha value is -3.79. The number of hydrogen-bond donors (Lipinski definition) is 6. The highest BCUT2D eigenvalue weighted by Gasteiger charge is 2.22. The molecule has 1 unspecified atom stereocenters. The summed E-state index contributed by atoms with van der Waals surface area (Å²) in [6, 6.07) is 17.7. The molecule has 0 spiro atoms. The fourth-order valence-corrected chi connectivity index (χ4v) is 4.42. The molecule has 9 nitrogen and oxygen atoms in total. The molecule has 9 heteroatoms. The van der Waals surface area contributed by atoms with Gasteiger partial charge in [-0.3, -0.25) is 14.4 Å². The third-order valence-corrected chi connectivity index (χ3v) is 6.58. The number of aryl methyl sites for hydroxylation is 1. The van der Waals surface area contributed by atoms with Gasteiger partial charge in [0.2, 0.25) is 11.8 Å². The lowest BCUT2D eigenvalue weighted by atomic mass is 9.99. The van der Waals surface area contributed by atoms with Gasteiger partial charge in [0.05, 0.1) is 12.1 Å². The van der Waals surface area contributed by atoms with E-state index >= 15 is 0 Å². The van der Waals surface area contributed by atoms with Crippen LogP contribution < -0.4 is 32.3 Å². The zero-order chi connectivity index (χ0) is 26.4. The summed E-state index contributed by atoms with van der Waals surface area (Å²) in [6.07, 6.45) is 0. The Morgan fingerprint density at radius 1 is 1.05 bits per heavy atom. The fourth-order valence-electron chi connectivity index (χ4n) is 4.42. The predicted octanol–water partition coefficient (Wildman–Crippen LogP) is 1.58. The molecule has 1 saturated heterocycles. The standard InChI is InChI=1S/C28H34N6O3/c1-17-10-11-20(34-27(36)24(29)15-32-28(37)25-16-30-12-13-31-25)14-23(17)26(35)33-18(2)21-9-5-7-19-6-3-4-8-22(19)21/h3-11,14,18,24-25,30-31H,12-13,15-16,29H2,1-2H3,(H,32,37)(H,33,35)(H,34,36)/t18-,24+,25?/m1/s1. The van der Waals surface area contributed by atoms with Crippen molar-refractivity contribution >= 4 is 34.2 Å². The zero-order valence-electron chi connectivity index (χ0n) is 21.1. The molecule has 3 atom stereocenters. The number of nitrogens with two attached hydrogens (primary N) is 1. The molecule has 194 valence electrons. The van der Waals surface area contributed by atoms with Crippen molar-refractivity contribution in [1.29, 1.82) is 0 Å². The summed E-state index contributed by atoms with van der Waals surface area (Å²) in [4.78, 5) is 38.1. The first-order valence-electron chi connectivity index (χ1n) is 12.5. The molecule has 1 heterocycles. The van der Waals surface area contributed by atoms with Crippen LogP contribution in [0.4, 0.5) is 5.69 Å². The maximum atomic E-state index is 13.2. The lowest BCUT2D eigenvalue weighted by molar-refractivity contribution is -0.123. The molecule has 7 N–H and O–H groups in total. The predicted molar refractivity (Wildman–Crippen MR) is 145 cm³/mol. The Bertz CT molecular complexity index is 1280. The molecule has 37 heavy (non-hydrogen) atoms. The molecule has 1 aliphatic rings. The molecule has 4 rings (SSSR count). The summed E-state index contributed by atoms with van der Waals surface area (Å²) in [5.74, 6) is -0.890. The number of benzene rings is 3. The van der Waals surface area contributed by atoms with E-state index < -0.39 is 11.9 Å². The molecule has 0 bridgehead atoms. The molecule has 3 aromatic carbocycles. The maximum absolute atomic E-state index is 13.2. The van der Waals surface area contributed by atoms with Crippen LogP contribution in [-0.4, -0.2) is 56.0 Å². The molecule has 1 fully saturated rings. The first-order chi connectivity index (χ1) is 17.8. The molecule has 1 aliphatic heterocycles. The number of piperazine rings is 1. The number of carbonyl (C=O) groups excluding carboxylic acids is 3. The van der Waals surface area contributed by atoms with Crippen molar-refractivity contribution in [3.05, 3.63) is 77.4 Å². The minimum absolute atomic E-state index is 0.00456. The second kappa shape index (κ2) is 12.0. The van der Waals surface area contributed by atoms with Crippen LogP contribution in [0, 0.1) is 6.92 Å². The minimum Gasteiger partial charge on any atom is -0.353 e. The SMILES string of the molecule is Cc1ccc(NC(=O)[C@@H](N)CNC(=O)C2CNCCN2)cc1C(=O)N[C@H](C)c1cccc2ccccc12. The molecule has 0 radical (unpaired) electrons. The van der Waals surface area contributed by atoms with E-state index in [0.29, 0.717) is 24.3 Å². The van der Waals surface area contributed by atoms with Crippen LogP contribution in [0.1, 0.15) is 34.5 Å². The number of nitrogens with one attached hydrogen (secondary N) is 5. The van der Waals surface area contributed by atoms with Gasteiger partial charge in [0.1, 0.15) is 6.04 Å². The van der Waals surface area contributed by atoms with Gasteiger partial charge < -0.3 is 32.3 Å². The molecule has 3 amide bonds. The summed E-state index contributed by atoms with van der Waals surface area (Å²) in [6.45, 7) is 5.84. The van der Waals surface area contributed by atoms with E-state index in [0.717, 1.165) is 28.4 Å². The number of anilines is 1. The summed E-state index contributed by atoms with van der Waals surface area (Å²) in [5, 5.41) is 17.0. The Balaban J connectivity index is 1.37. The quantitative estimate of drug-likeness (QED) is 0.277. The fraction of sp³-hybridized carbons (Fsp3) is 0.321. The molecule has 0 aromatic heterocycles. The van der Waals surface area contributed by atoms with Gasteiger partial charge in [0.15, 0.2) is 0 Å². The Morgan fingerprint density at radius 3 is 2.62 bits per heavy atom. The van der Waals surface area contributed by atoms with Gasteiger partial charge in [-0.25, -0.2) is 0 Å². The van der Waals surface area contributed by atoms with Crippen LogP contribution in [0.2, 0.25) is 0 Å². The van der Waals surface area contributed by atoms with Crippen molar-refractivity contribution in [1.82, 2.24) is 21.3 Å². The lowest BCUT2D eigenvalue weighted by Crippen LogP contribution is -2.57. The van der Waals surface area contributed by atoms with Crippen LogP contribution in [-0.2, 0) is 9.59 Å². The Labute approximate surface area is 216 Å². The van der Waals surface area contributed by atoms with E-state index in [9.17, 15) is 14.4 Å². The summed E-state index contributed by atoms with van der Waals surface area (Å²) in [7, 11) is 0. The first-order valence-corrected chi connectivity index (χ1v) is 12.5. The highest BCUT2D eigenvalue weighted by molar-refractivity contribution is 6.00. The van der Waals surface area contributed by atoms with E-state index in [1.54, 1.807) is 18.2 Å². The molecule has 0 aliphatic carbocycles. The van der Waals surface area contributed by atoms with Gasteiger partial charge in [0, 0.05) is 37.4 Å². The van der Waals surface area contributed by atoms with Crippen molar-refractivity contribution in [2.24, 2.45) is 5.73 Å². The van der Waals surface area contributed by atoms with Crippen molar-refractivity contribution in [2.45, 2.75) is 32.0 Å². The van der Waals surface area contributed by atoms with E-state index in [1.165, 1.54) is 0 Å². The van der Waals surface area contributed by atoms with Crippen LogP contribution in [0.25, 0.3) is 10.8 Å². The van der Waals surface area contributed by atoms with E-state index in [2.05, 4.69) is 26.6 Å². The third-order valence-electron chi connectivity index (χ3n) is 6.58. The lowest BCUT2D eigenvalue weighted by Gasteiger charge is -2.24. The number of amides is 3. The summed E-state index contributed by atoms with van der Waals surface area (Å²) in [5.41, 5.74) is 8.73. The molecular formula is C28H34N6O3. The number of hydrogen-bond acceptors (Lipinski definition) is 6. The summed E-state index contributed by atoms with van der Waals surface area (Å²) < 4.78 is 0. The zero-order valence-corrected chi connectivity index (χ0v) is 21.1. The van der Waals surface area contributed by atoms with Crippen LogP contribution in [0.3, 0.4) is 0 Å². The van der Waals surface area contributed by atoms with Crippen LogP contribution in [0.5, 0.6) is 0 Å². The normalized spacial score (nSPS) is 17.0. The number of rotatable bonds is 8. The van der Waals surface area contributed by atoms with Gasteiger partial charge >= 0.3 is 0 Å². The first kappa shape index (κ1) is 26.3. The monoisotopic (exact) mass is 502 g/mol. The van der Waals surface area contributed by atoms with Crippen molar-refractivity contribution in [3.8, 4) is 0 Å². The Morgan fingerprint density at radius 2 is 1.84 bits per heavy atom.